The standard InChI is InChI=1S/C27H32N2O3S/c1-6-26(24-12-9-19(3)21(5)16-24)33(31,32)29(25-15-18(2)7-8-20(25)4)17-22-10-13-23(14-11-22)27(28)30/h7-16,26H,6,17H2,1-5H3,(H2,28,30). The number of carbonyl (C=O) groups is 1. The summed E-state index contributed by atoms with van der Waals surface area (Å²) in [5, 5.41) is -0.679. The van der Waals surface area contributed by atoms with Gasteiger partial charge < -0.3 is 5.73 Å². The van der Waals surface area contributed by atoms with Gasteiger partial charge >= 0.3 is 0 Å². The first-order valence-corrected chi connectivity index (χ1v) is 12.6. The summed E-state index contributed by atoms with van der Waals surface area (Å²) in [6.07, 6.45) is 0.451. The predicted molar refractivity (Wildman–Crippen MR) is 135 cm³/mol. The highest BCUT2D eigenvalue weighted by atomic mass is 32.2. The lowest BCUT2D eigenvalue weighted by atomic mass is 10.0. The van der Waals surface area contributed by atoms with Crippen LogP contribution in [-0.4, -0.2) is 14.3 Å². The molecule has 2 N–H and O–H groups in total. The molecule has 0 saturated heterocycles. The van der Waals surface area contributed by atoms with Crippen molar-refractivity contribution in [3.05, 3.63) is 99.6 Å². The molecule has 0 heterocycles. The van der Waals surface area contributed by atoms with E-state index in [9.17, 15) is 13.2 Å². The summed E-state index contributed by atoms with van der Waals surface area (Å²) in [6.45, 7) is 9.96. The number of carbonyl (C=O) groups excluding carboxylic acids is 1. The molecule has 0 aliphatic heterocycles. The summed E-state index contributed by atoms with van der Waals surface area (Å²) < 4.78 is 29.8. The van der Waals surface area contributed by atoms with Crippen LogP contribution in [0.25, 0.3) is 0 Å². The Labute approximate surface area is 197 Å². The van der Waals surface area contributed by atoms with E-state index < -0.39 is 21.2 Å². The molecule has 0 spiro atoms. The monoisotopic (exact) mass is 464 g/mol. The summed E-state index contributed by atoms with van der Waals surface area (Å²) in [7, 11) is -3.77. The number of anilines is 1. The van der Waals surface area contributed by atoms with Crippen LogP contribution in [0.1, 0.15) is 62.3 Å². The van der Waals surface area contributed by atoms with Crippen molar-refractivity contribution in [3.63, 3.8) is 0 Å². The number of amides is 1. The molecule has 3 rings (SSSR count). The maximum absolute atomic E-state index is 14.2. The molecule has 1 amide bonds. The van der Waals surface area contributed by atoms with Crippen LogP contribution < -0.4 is 10.0 Å². The Morgan fingerprint density at radius 1 is 0.879 bits per heavy atom. The van der Waals surface area contributed by atoms with E-state index in [1.54, 1.807) is 24.3 Å². The van der Waals surface area contributed by atoms with Gasteiger partial charge in [0.2, 0.25) is 15.9 Å². The Hall–Kier alpha value is -3.12. The largest absolute Gasteiger partial charge is 0.366 e. The van der Waals surface area contributed by atoms with Crippen molar-refractivity contribution in [2.24, 2.45) is 5.73 Å². The molecule has 0 bridgehead atoms. The molecule has 0 aliphatic carbocycles. The van der Waals surface area contributed by atoms with Gasteiger partial charge in [-0.1, -0.05) is 49.4 Å². The number of nitrogens with two attached hydrogens (primary N) is 1. The zero-order chi connectivity index (χ0) is 24.3. The molecule has 174 valence electrons. The highest BCUT2D eigenvalue weighted by Crippen LogP contribution is 2.35. The molecule has 1 atom stereocenters. The van der Waals surface area contributed by atoms with Crippen LogP contribution in [0.4, 0.5) is 5.69 Å². The van der Waals surface area contributed by atoms with Gasteiger partial charge in [0.15, 0.2) is 0 Å². The number of nitrogens with zero attached hydrogens (tertiary/aromatic N) is 1. The number of aryl methyl sites for hydroxylation is 4. The number of hydrogen-bond acceptors (Lipinski definition) is 3. The van der Waals surface area contributed by atoms with E-state index in [1.807, 2.05) is 71.0 Å². The highest BCUT2D eigenvalue weighted by molar-refractivity contribution is 7.93. The number of rotatable bonds is 8. The van der Waals surface area contributed by atoms with E-state index in [0.717, 1.165) is 33.4 Å². The SMILES string of the molecule is CCC(c1ccc(C)c(C)c1)S(=O)(=O)N(Cc1ccc(C(N)=O)cc1)c1cc(C)ccc1C. The average molecular weight is 465 g/mol. The number of primary amides is 1. The van der Waals surface area contributed by atoms with Gasteiger partial charge in [-0.2, -0.15) is 0 Å². The third-order valence-corrected chi connectivity index (χ3v) is 8.40. The summed E-state index contributed by atoms with van der Waals surface area (Å²) >= 11 is 0. The third kappa shape index (κ3) is 5.28. The maximum Gasteiger partial charge on any atom is 0.248 e. The maximum atomic E-state index is 14.2. The first-order valence-electron chi connectivity index (χ1n) is 11.1. The van der Waals surface area contributed by atoms with Crippen LogP contribution in [0, 0.1) is 27.7 Å². The Balaban J connectivity index is 2.12. The zero-order valence-corrected chi connectivity index (χ0v) is 20.7. The lowest BCUT2D eigenvalue weighted by Gasteiger charge is -2.31. The fourth-order valence-corrected chi connectivity index (χ4v) is 6.00. The van der Waals surface area contributed by atoms with Crippen molar-refractivity contribution < 1.29 is 13.2 Å². The molecule has 5 nitrogen and oxygen atoms in total. The molecule has 3 aromatic carbocycles. The molecular weight excluding hydrogens is 432 g/mol. The van der Waals surface area contributed by atoms with Crippen LogP contribution in [-0.2, 0) is 16.6 Å². The minimum Gasteiger partial charge on any atom is -0.366 e. The van der Waals surface area contributed by atoms with Crippen molar-refractivity contribution in [1.29, 1.82) is 0 Å². The Bertz CT molecular complexity index is 1270. The van der Waals surface area contributed by atoms with Crippen LogP contribution >= 0.6 is 0 Å². The molecule has 1 unspecified atom stereocenters. The predicted octanol–water partition coefficient (Wildman–Crippen LogP) is 5.51. The minimum atomic E-state index is -3.77. The van der Waals surface area contributed by atoms with E-state index in [0.29, 0.717) is 17.7 Å². The lowest BCUT2D eigenvalue weighted by Crippen LogP contribution is -2.35. The molecule has 0 aliphatic rings. The van der Waals surface area contributed by atoms with Crippen molar-refractivity contribution in [3.8, 4) is 0 Å². The van der Waals surface area contributed by atoms with Crippen molar-refractivity contribution in [2.45, 2.75) is 52.8 Å². The molecule has 33 heavy (non-hydrogen) atoms. The van der Waals surface area contributed by atoms with Crippen LogP contribution in [0.2, 0.25) is 0 Å². The van der Waals surface area contributed by atoms with Gasteiger partial charge in [0.1, 0.15) is 5.25 Å². The van der Waals surface area contributed by atoms with Gasteiger partial charge in [-0.3, -0.25) is 9.10 Å². The van der Waals surface area contributed by atoms with Gasteiger partial charge in [0.05, 0.1) is 12.2 Å². The molecule has 6 heteroatoms. The van der Waals surface area contributed by atoms with E-state index in [2.05, 4.69) is 0 Å². The van der Waals surface area contributed by atoms with Crippen molar-refractivity contribution in [2.75, 3.05) is 4.31 Å². The normalized spacial score (nSPS) is 12.4. The van der Waals surface area contributed by atoms with Crippen LogP contribution in [0.3, 0.4) is 0 Å². The van der Waals surface area contributed by atoms with Crippen molar-refractivity contribution in [1.82, 2.24) is 0 Å². The second kappa shape index (κ2) is 9.79. The Morgan fingerprint density at radius 2 is 1.52 bits per heavy atom. The van der Waals surface area contributed by atoms with E-state index in [4.69, 9.17) is 5.73 Å². The van der Waals surface area contributed by atoms with Crippen LogP contribution in [0.5, 0.6) is 0 Å². The van der Waals surface area contributed by atoms with Crippen LogP contribution in [0.15, 0.2) is 60.7 Å². The number of hydrogen-bond donors (Lipinski definition) is 1. The smallest absolute Gasteiger partial charge is 0.248 e. The zero-order valence-electron chi connectivity index (χ0n) is 19.9. The first kappa shape index (κ1) is 24.5. The topological polar surface area (TPSA) is 80.5 Å². The average Bonchev–Trinajstić information content (AvgIpc) is 2.77. The molecule has 0 aromatic heterocycles. The van der Waals surface area contributed by atoms with E-state index >= 15 is 0 Å². The molecule has 0 radical (unpaired) electrons. The molecule has 0 fully saturated rings. The number of benzene rings is 3. The molecular formula is C27H32N2O3S. The highest BCUT2D eigenvalue weighted by Gasteiger charge is 2.33. The molecule has 0 saturated carbocycles. The Kier molecular flexibility index (Phi) is 7.28. The lowest BCUT2D eigenvalue weighted by molar-refractivity contribution is 0.1000. The summed E-state index contributed by atoms with van der Waals surface area (Å²) in [5.74, 6) is -0.513. The summed E-state index contributed by atoms with van der Waals surface area (Å²) in [6, 6.07) is 18.5. The molecule has 3 aromatic rings. The Morgan fingerprint density at radius 3 is 2.09 bits per heavy atom. The second-order valence-corrected chi connectivity index (χ2v) is 10.7. The second-order valence-electron chi connectivity index (χ2n) is 8.64. The van der Waals surface area contributed by atoms with Crippen molar-refractivity contribution >= 4 is 21.6 Å². The minimum absolute atomic E-state index is 0.160. The third-order valence-electron chi connectivity index (χ3n) is 6.14. The van der Waals surface area contributed by atoms with Gasteiger partial charge in [-0.15, -0.1) is 0 Å². The van der Waals surface area contributed by atoms with Gasteiger partial charge in [0.25, 0.3) is 0 Å². The van der Waals surface area contributed by atoms with Gasteiger partial charge in [0, 0.05) is 5.56 Å². The quantitative estimate of drug-likeness (QED) is 0.477. The van der Waals surface area contributed by atoms with Gasteiger partial charge in [-0.05, 0) is 85.7 Å². The van der Waals surface area contributed by atoms with Gasteiger partial charge in [-0.25, -0.2) is 8.42 Å². The fraction of sp³-hybridized carbons (Fsp3) is 0.296. The fourth-order valence-electron chi connectivity index (χ4n) is 3.98. The van der Waals surface area contributed by atoms with E-state index in [-0.39, 0.29) is 6.54 Å². The first-order chi connectivity index (χ1) is 15.5. The summed E-state index contributed by atoms with van der Waals surface area (Å²) in [4.78, 5) is 11.4. The summed E-state index contributed by atoms with van der Waals surface area (Å²) in [5.41, 5.74) is 12.1. The van der Waals surface area contributed by atoms with E-state index in [1.165, 1.54) is 4.31 Å². The number of sulfonamides is 1.